The van der Waals surface area contributed by atoms with Gasteiger partial charge in [0, 0.05) is 36.9 Å². The van der Waals surface area contributed by atoms with Crippen molar-refractivity contribution in [2.24, 2.45) is 0 Å². The van der Waals surface area contributed by atoms with Gasteiger partial charge >= 0.3 is 6.03 Å². The van der Waals surface area contributed by atoms with Crippen LogP contribution in [0.2, 0.25) is 0 Å². The molecule has 3 amide bonds. The number of anilines is 3. The summed E-state index contributed by atoms with van der Waals surface area (Å²) >= 11 is 0. The molecule has 1 fully saturated rings. The Morgan fingerprint density at radius 1 is 0.939 bits per heavy atom. The number of amides is 3. The Balaban J connectivity index is 1.23. The van der Waals surface area contributed by atoms with Crippen LogP contribution in [0.3, 0.4) is 0 Å². The predicted octanol–water partition coefficient (Wildman–Crippen LogP) is 4.78. The standard InChI is InChI=1S/C26H25FN4O2/c27-20-11-7-18(8-12-20)16-28-25(32)19-9-13-21(14-10-19)29-26(33)31-17-22-4-3-15-30(22)23-5-1-2-6-24(23)31/h1-2,5-14,22H,3-4,15-17H2,(H,28,32)(H,29,33)/t22-/m0/s1. The molecule has 0 spiro atoms. The van der Waals surface area contributed by atoms with Crippen molar-refractivity contribution in [3.05, 3.63) is 89.7 Å². The molecule has 0 unspecified atom stereocenters. The third-order valence-electron chi connectivity index (χ3n) is 6.26. The topological polar surface area (TPSA) is 64.7 Å². The van der Waals surface area contributed by atoms with Crippen LogP contribution in [0.4, 0.5) is 26.2 Å². The van der Waals surface area contributed by atoms with Gasteiger partial charge in [-0.2, -0.15) is 0 Å². The minimum Gasteiger partial charge on any atom is -0.365 e. The Morgan fingerprint density at radius 3 is 2.42 bits per heavy atom. The zero-order valence-electron chi connectivity index (χ0n) is 18.1. The van der Waals surface area contributed by atoms with Crippen LogP contribution >= 0.6 is 0 Å². The van der Waals surface area contributed by atoms with Crippen LogP contribution in [0.25, 0.3) is 0 Å². The summed E-state index contributed by atoms with van der Waals surface area (Å²) in [4.78, 5) is 29.7. The van der Waals surface area contributed by atoms with E-state index in [1.54, 1.807) is 36.4 Å². The van der Waals surface area contributed by atoms with Crippen molar-refractivity contribution in [1.29, 1.82) is 0 Å². The Bertz CT molecular complexity index is 1160. The van der Waals surface area contributed by atoms with E-state index in [1.807, 2.05) is 23.1 Å². The average Bonchev–Trinajstić information content (AvgIpc) is 3.32. The van der Waals surface area contributed by atoms with Crippen molar-refractivity contribution < 1.29 is 14.0 Å². The van der Waals surface area contributed by atoms with Crippen LogP contribution in [0.1, 0.15) is 28.8 Å². The second-order valence-electron chi connectivity index (χ2n) is 8.41. The lowest BCUT2D eigenvalue weighted by Crippen LogP contribution is -2.49. The van der Waals surface area contributed by atoms with Crippen molar-refractivity contribution in [2.45, 2.75) is 25.4 Å². The number of carbonyl (C=O) groups is 2. The van der Waals surface area contributed by atoms with Crippen LogP contribution < -0.4 is 20.4 Å². The van der Waals surface area contributed by atoms with Crippen molar-refractivity contribution in [3.8, 4) is 0 Å². The fourth-order valence-corrected chi connectivity index (χ4v) is 4.56. The molecule has 1 saturated heterocycles. The molecule has 2 N–H and O–H groups in total. The highest BCUT2D eigenvalue weighted by Gasteiger charge is 2.36. The number of hydrogen-bond acceptors (Lipinski definition) is 3. The second kappa shape index (κ2) is 8.94. The first-order valence-corrected chi connectivity index (χ1v) is 11.2. The van der Waals surface area contributed by atoms with Gasteiger partial charge < -0.3 is 15.5 Å². The summed E-state index contributed by atoms with van der Waals surface area (Å²) in [7, 11) is 0. The van der Waals surface area contributed by atoms with E-state index < -0.39 is 0 Å². The molecule has 7 heteroatoms. The van der Waals surface area contributed by atoms with E-state index in [0.717, 1.165) is 36.3 Å². The number of halogens is 1. The number of para-hydroxylation sites is 2. The number of benzene rings is 3. The quantitative estimate of drug-likeness (QED) is 0.609. The van der Waals surface area contributed by atoms with Gasteiger partial charge in [-0.3, -0.25) is 9.69 Å². The van der Waals surface area contributed by atoms with E-state index in [0.29, 0.717) is 30.4 Å². The lowest BCUT2D eigenvalue weighted by atomic mass is 10.1. The second-order valence-corrected chi connectivity index (χ2v) is 8.41. The molecule has 33 heavy (non-hydrogen) atoms. The summed E-state index contributed by atoms with van der Waals surface area (Å²) in [5, 5.41) is 5.78. The van der Waals surface area contributed by atoms with E-state index in [9.17, 15) is 14.0 Å². The number of carbonyl (C=O) groups excluding carboxylic acids is 2. The lowest BCUT2D eigenvalue weighted by Gasteiger charge is -2.40. The third kappa shape index (κ3) is 4.39. The zero-order valence-corrected chi connectivity index (χ0v) is 18.1. The molecule has 3 aromatic carbocycles. The summed E-state index contributed by atoms with van der Waals surface area (Å²) in [6.07, 6.45) is 2.22. The van der Waals surface area contributed by atoms with E-state index in [1.165, 1.54) is 12.1 Å². The summed E-state index contributed by atoms with van der Waals surface area (Å²) in [5.74, 6) is -0.542. The Morgan fingerprint density at radius 2 is 1.67 bits per heavy atom. The molecule has 0 bridgehead atoms. The predicted molar refractivity (Wildman–Crippen MR) is 127 cm³/mol. The Kier molecular flexibility index (Phi) is 5.69. The summed E-state index contributed by atoms with van der Waals surface area (Å²) in [6.45, 7) is 2.00. The van der Waals surface area contributed by atoms with Crippen LogP contribution in [-0.2, 0) is 6.54 Å². The molecule has 2 aliphatic heterocycles. The molecule has 5 rings (SSSR count). The fraction of sp³-hybridized carbons (Fsp3) is 0.231. The molecule has 1 atom stereocenters. The maximum Gasteiger partial charge on any atom is 0.326 e. The van der Waals surface area contributed by atoms with Gasteiger partial charge in [-0.25, -0.2) is 9.18 Å². The van der Waals surface area contributed by atoms with Crippen molar-refractivity contribution in [3.63, 3.8) is 0 Å². The monoisotopic (exact) mass is 444 g/mol. The van der Waals surface area contributed by atoms with Crippen LogP contribution in [0.5, 0.6) is 0 Å². The van der Waals surface area contributed by atoms with E-state index in [-0.39, 0.29) is 17.8 Å². The molecule has 0 aromatic heterocycles. The van der Waals surface area contributed by atoms with Crippen LogP contribution in [0.15, 0.2) is 72.8 Å². The molecule has 168 valence electrons. The zero-order chi connectivity index (χ0) is 22.8. The number of hydrogen-bond donors (Lipinski definition) is 2. The van der Waals surface area contributed by atoms with Crippen molar-refractivity contribution in [2.75, 3.05) is 28.2 Å². The SMILES string of the molecule is O=C(NCc1ccc(F)cc1)c1ccc(NC(=O)N2C[C@@H]3CCCN3c3ccccc32)cc1. The largest absolute Gasteiger partial charge is 0.365 e. The summed E-state index contributed by atoms with van der Waals surface area (Å²) < 4.78 is 13.0. The maximum absolute atomic E-state index is 13.1. The van der Waals surface area contributed by atoms with E-state index >= 15 is 0 Å². The maximum atomic E-state index is 13.1. The molecule has 3 aromatic rings. The highest BCUT2D eigenvalue weighted by atomic mass is 19.1. The first-order chi connectivity index (χ1) is 16.1. The molecular formula is C26H25FN4O2. The third-order valence-corrected chi connectivity index (χ3v) is 6.26. The summed E-state index contributed by atoms with van der Waals surface area (Å²) in [6, 6.07) is 21.0. The van der Waals surface area contributed by atoms with Gasteiger partial charge in [-0.1, -0.05) is 24.3 Å². The van der Waals surface area contributed by atoms with E-state index in [4.69, 9.17) is 0 Å². The molecule has 0 radical (unpaired) electrons. The Hall–Kier alpha value is -3.87. The van der Waals surface area contributed by atoms with Crippen molar-refractivity contribution >= 4 is 29.0 Å². The van der Waals surface area contributed by atoms with Gasteiger partial charge in [0.2, 0.25) is 0 Å². The van der Waals surface area contributed by atoms with Gasteiger partial charge in [0.1, 0.15) is 5.82 Å². The highest BCUT2D eigenvalue weighted by Crippen LogP contribution is 2.39. The first kappa shape index (κ1) is 21.0. The lowest BCUT2D eigenvalue weighted by molar-refractivity contribution is 0.0951. The van der Waals surface area contributed by atoms with Gasteiger partial charge in [0.25, 0.3) is 5.91 Å². The molecule has 6 nitrogen and oxygen atoms in total. The smallest absolute Gasteiger partial charge is 0.326 e. The number of fused-ring (bicyclic) bond motifs is 3. The normalized spacial score (nSPS) is 16.7. The van der Waals surface area contributed by atoms with Gasteiger partial charge in [0.15, 0.2) is 0 Å². The number of rotatable bonds is 4. The molecular weight excluding hydrogens is 419 g/mol. The number of nitrogens with one attached hydrogen (secondary N) is 2. The number of nitrogens with zero attached hydrogens (tertiary/aromatic N) is 2. The average molecular weight is 445 g/mol. The first-order valence-electron chi connectivity index (χ1n) is 11.2. The van der Waals surface area contributed by atoms with Gasteiger partial charge in [0.05, 0.1) is 11.4 Å². The minimum absolute atomic E-state index is 0.178. The molecule has 2 heterocycles. The fourth-order valence-electron chi connectivity index (χ4n) is 4.56. The number of urea groups is 1. The van der Waals surface area contributed by atoms with Gasteiger partial charge in [-0.05, 0) is 66.9 Å². The van der Waals surface area contributed by atoms with E-state index in [2.05, 4.69) is 21.6 Å². The van der Waals surface area contributed by atoms with Crippen LogP contribution in [0, 0.1) is 5.82 Å². The Labute approximate surface area is 192 Å². The van der Waals surface area contributed by atoms with Crippen molar-refractivity contribution in [1.82, 2.24) is 5.32 Å². The summed E-state index contributed by atoms with van der Waals surface area (Å²) in [5.41, 5.74) is 3.96. The molecule has 0 aliphatic carbocycles. The highest BCUT2D eigenvalue weighted by molar-refractivity contribution is 6.05. The minimum atomic E-state index is -0.309. The molecule has 0 saturated carbocycles. The van der Waals surface area contributed by atoms with Crippen LogP contribution in [-0.4, -0.2) is 31.1 Å². The molecule has 2 aliphatic rings. The van der Waals surface area contributed by atoms with Gasteiger partial charge in [-0.15, -0.1) is 0 Å².